The lowest BCUT2D eigenvalue weighted by Crippen LogP contribution is -2.22. The van der Waals surface area contributed by atoms with Gasteiger partial charge in [0.15, 0.2) is 0 Å². The number of rotatable bonds is 3. The molecule has 1 aromatic heterocycles. The van der Waals surface area contributed by atoms with Crippen molar-refractivity contribution in [3.8, 4) is 5.75 Å². The van der Waals surface area contributed by atoms with E-state index in [0.29, 0.717) is 16.7 Å². The first-order chi connectivity index (χ1) is 8.61. The van der Waals surface area contributed by atoms with Crippen LogP contribution in [0.5, 0.6) is 5.75 Å². The van der Waals surface area contributed by atoms with Gasteiger partial charge in [-0.2, -0.15) is 0 Å². The zero-order chi connectivity index (χ0) is 13.1. The second kappa shape index (κ2) is 5.35. The van der Waals surface area contributed by atoms with Crippen molar-refractivity contribution in [1.29, 1.82) is 0 Å². The molecule has 4 nitrogen and oxygen atoms in total. The minimum atomic E-state index is -0.0710. The van der Waals surface area contributed by atoms with Gasteiger partial charge in [-0.15, -0.1) is 0 Å². The van der Waals surface area contributed by atoms with Crippen LogP contribution in [-0.2, 0) is 6.54 Å². The highest BCUT2D eigenvalue weighted by Gasteiger charge is 2.05. The number of nitrogens with zero attached hydrogens (tertiary/aromatic N) is 2. The van der Waals surface area contributed by atoms with E-state index in [1.54, 1.807) is 24.9 Å². The molecule has 94 valence electrons. The Morgan fingerprint density at radius 2 is 2.00 bits per heavy atom. The van der Waals surface area contributed by atoms with Crippen molar-refractivity contribution in [3.05, 3.63) is 56.7 Å². The fraction of sp³-hybridized carbons (Fsp3) is 0.231. The monoisotopic (exact) mass is 308 g/mol. The van der Waals surface area contributed by atoms with Gasteiger partial charge in [0.05, 0.1) is 25.7 Å². The Morgan fingerprint density at radius 1 is 1.33 bits per heavy atom. The quantitative estimate of drug-likeness (QED) is 0.874. The number of aromatic nitrogens is 2. The van der Waals surface area contributed by atoms with Gasteiger partial charge in [0, 0.05) is 0 Å². The second-order valence-corrected chi connectivity index (χ2v) is 4.72. The summed E-state index contributed by atoms with van der Waals surface area (Å²) < 4.78 is 7.17. The molecule has 0 aliphatic carbocycles. The molecule has 2 rings (SSSR count). The molecule has 0 saturated heterocycles. The number of ether oxygens (including phenoxy) is 1. The number of methoxy groups -OCH3 is 1. The van der Waals surface area contributed by atoms with Crippen molar-refractivity contribution in [2.75, 3.05) is 7.11 Å². The SMILES string of the molecule is COc1ccc(Cn2cnc(C)c(Br)c2=O)cc1. The third-order valence-corrected chi connectivity index (χ3v) is 3.58. The minimum absolute atomic E-state index is 0.0710. The molecule has 0 saturated carbocycles. The molecule has 1 heterocycles. The number of halogens is 1. The van der Waals surface area contributed by atoms with Gasteiger partial charge in [0.2, 0.25) is 0 Å². The minimum Gasteiger partial charge on any atom is -0.497 e. The smallest absolute Gasteiger partial charge is 0.268 e. The molecule has 18 heavy (non-hydrogen) atoms. The van der Waals surface area contributed by atoms with E-state index >= 15 is 0 Å². The van der Waals surface area contributed by atoms with Crippen LogP contribution in [0.15, 0.2) is 39.9 Å². The standard InChI is InChI=1S/C13H13BrN2O2/c1-9-12(14)13(17)16(8-15-9)7-10-3-5-11(18-2)6-4-10/h3-6,8H,7H2,1-2H3. The van der Waals surface area contributed by atoms with E-state index in [4.69, 9.17) is 4.74 Å². The molecule has 0 fully saturated rings. The summed E-state index contributed by atoms with van der Waals surface area (Å²) in [7, 11) is 1.63. The van der Waals surface area contributed by atoms with Gasteiger partial charge >= 0.3 is 0 Å². The van der Waals surface area contributed by atoms with Gasteiger partial charge in [0.1, 0.15) is 10.2 Å². The lowest BCUT2D eigenvalue weighted by Gasteiger charge is -2.07. The normalized spacial score (nSPS) is 10.4. The average molecular weight is 309 g/mol. The molecule has 0 spiro atoms. The molecule has 0 bridgehead atoms. The zero-order valence-electron chi connectivity index (χ0n) is 10.2. The molecule has 2 aromatic rings. The van der Waals surface area contributed by atoms with E-state index in [2.05, 4.69) is 20.9 Å². The van der Waals surface area contributed by atoms with Crippen molar-refractivity contribution in [1.82, 2.24) is 9.55 Å². The van der Waals surface area contributed by atoms with Gasteiger partial charge in [-0.1, -0.05) is 12.1 Å². The molecule has 1 aromatic carbocycles. The lowest BCUT2D eigenvalue weighted by molar-refractivity contribution is 0.414. The van der Waals surface area contributed by atoms with E-state index in [1.807, 2.05) is 24.3 Å². The van der Waals surface area contributed by atoms with E-state index in [9.17, 15) is 4.79 Å². The number of hydrogen-bond donors (Lipinski definition) is 0. The van der Waals surface area contributed by atoms with Crippen molar-refractivity contribution in [2.45, 2.75) is 13.5 Å². The van der Waals surface area contributed by atoms with Crippen LogP contribution in [0.1, 0.15) is 11.3 Å². The molecule has 0 N–H and O–H groups in total. The highest BCUT2D eigenvalue weighted by Crippen LogP contribution is 2.12. The Kier molecular flexibility index (Phi) is 3.81. The van der Waals surface area contributed by atoms with Crippen LogP contribution in [-0.4, -0.2) is 16.7 Å². The predicted octanol–water partition coefficient (Wildman–Crippen LogP) is 2.37. The first kappa shape index (κ1) is 12.8. The Labute approximate surface area is 113 Å². The maximum Gasteiger partial charge on any atom is 0.268 e. The zero-order valence-corrected chi connectivity index (χ0v) is 11.8. The van der Waals surface area contributed by atoms with Gasteiger partial charge in [-0.3, -0.25) is 9.36 Å². The van der Waals surface area contributed by atoms with Crippen LogP contribution in [0, 0.1) is 6.92 Å². The number of aryl methyl sites for hydroxylation is 1. The van der Waals surface area contributed by atoms with Crippen LogP contribution in [0.3, 0.4) is 0 Å². The molecule has 0 atom stereocenters. The fourth-order valence-electron chi connectivity index (χ4n) is 1.59. The van der Waals surface area contributed by atoms with E-state index in [1.165, 1.54) is 0 Å². The van der Waals surface area contributed by atoms with Crippen LogP contribution in [0.4, 0.5) is 0 Å². The highest BCUT2D eigenvalue weighted by atomic mass is 79.9. The van der Waals surface area contributed by atoms with Crippen LogP contribution < -0.4 is 10.3 Å². The highest BCUT2D eigenvalue weighted by molar-refractivity contribution is 9.10. The summed E-state index contributed by atoms with van der Waals surface area (Å²) >= 11 is 3.25. The Bertz CT molecular complexity index is 605. The van der Waals surface area contributed by atoms with Crippen molar-refractivity contribution >= 4 is 15.9 Å². The third kappa shape index (κ3) is 2.61. The summed E-state index contributed by atoms with van der Waals surface area (Å²) in [5, 5.41) is 0. The maximum absolute atomic E-state index is 12.0. The molecular formula is C13H13BrN2O2. The van der Waals surface area contributed by atoms with Crippen molar-refractivity contribution in [2.24, 2.45) is 0 Å². The summed E-state index contributed by atoms with van der Waals surface area (Å²) in [6, 6.07) is 7.60. The predicted molar refractivity (Wildman–Crippen MR) is 73.0 cm³/mol. The number of benzene rings is 1. The Balaban J connectivity index is 2.28. The average Bonchev–Trinajstić information content (AvgIpc) is 2.40. The summed E-state index contributed by atoms with van der Waals surface area (Å²) in [6.45, 7) is 2.29. The first-order valence-corrected chi connectivity index (χ1v) is 6.25. The van der Waals surface area contributed by atoms with Gasteiger partial charge in [0.25, 0.3) is 5.56 Å². The summed E-state index contributed by atoms with van der Waals surface area (Å²) in [5.41, 5.74) is 1.65. The van der Waals surface area contributed by atoms with E-state index < -0.39 is 0 Å². The van der Waals surface area contributed by atoms with Crippen LogP contribution in [0.25, 0.3) is 0 Å². The van der Waals surface area contributed by atoms with Crippen LogP contribution in [0.2, 0.25) is 0 Å². The largest absolute Gasteiger partial charge is 0.497 e. The molecule has 0 radical (unpaired) electrons. The Morgan fingerprint density at radius 3 is 2.61 bits per heavy atom. The van der Waals surface area contributed by atoms with E-state index in [-0.39, 0.29) is 5.56 Å². The molecule has 0 unspecified atom stereocenters. The topological polar surface area (TPSA) is 44.1 Å². The van der Waals surface area contributed by atoms with Crippen molar-refractivity contribution < 1.29 is 4.74 Å². The van der Waals surface area contributed by atoms with Gasteiger partial charge in [-0.25, -0.2) is 4.98 Å². The lowest BCUT2D eigenvalue weighted by atomic mass is 10.2. The Hall–Kier alpha value is -1.62. The summed E-state index contributed by atoms with van der Waals surface area (Å²) in [6.07, 6.45) is 1.56. The molecule has 0 aliphatic rings. The summed E-state index contributed by atoms with van der Waals surface area (Å²) in [5.74, 6) is 0.800. The van der Waals surface area contributed by atoms with Crippen molar-refractivity contribution in [3.63, 3.8) is 0 Å². The molecular weight excluding hydrogens is 296 g/mol. The van der Waals surface area contributed by atoms with Crippen LogP contribution >= 0.6 is 15.9 Å². The van der Waals surface area contributed by atoms with Gasteiger partial charge in [-0.05, 0) is 40.5 Å². The third-order valence-electron chi connectivity index (χ3n) is 2.67. The number of hydrogen-bond acceptors (Lipinski definition) is 3. The van der Waals surface area contributed by atoms with E-state index in [0.717, 1.165) is 11.3 Å². The van der Waals surface area contributed by atoms with Gasteiger partial charge < -0.3 is 4.74 Å². The molecule has 5 heteroatoms. The molecule has 0 aliphatic heterocycles. The first-order valence-electron chi connectivity index (χ1n) is 5.46. The molecule has 0 amide bonds. The second-order valence-electron chi connectivity index (χ2n) is 3.93. The maximum atomic E-state index is 12.0. The fourth-order valence-corrected chi connectivity index (χ4v) is 1.92. The summed E-state index contributed by atoms with van der Waals surface area (Å²) in [4.78, 5) is 16.1.